The van der Waals surface area contributed by atoms with Crippen molar-refractivity contribution in [3.8, 4) is 11.3 Å². The van der Waals surface area contributed by atoms with Crippen LogP contribution < -0.4 is 0 Å². The minimum atomic E-state index is -1.01. The largest absolute Gasteiger partial charge is 0.477 e. The fourth-order valence-electron chi connectivity index (χ4n) is 2.00. The van der Waals surface area contributed by atoms with Crippen molar-refractivity contribution < 1.29 is 9.90 Å². The molecule has 0 saturated heterocycles. The summed E-state index contributed by atoms with van der Waals surface area (Å²) in [6, 6.07) is 5.44. The van der Waals surface area contributed by atoms with E-state index >= 15 is 0 Å². The van der Waals surface area contributed by atoms with Crippen molar-refractivity contribution >= 4 is 11.6 Å². The van der Waals surface area contributed by atoms with Gasteiger partial charge in [-0.25, -0.2) is 14.8 Å². The molecule has 19 heavy (non-hydrogen) atoms. The van der Waals surface area contributed by atoms with E-state index in [-0.39, 0.29) is 5.69 Å². The summed E-state index contributed by atoms with van der Waals surface area (Å²) >= 11 is 0. The lowest BCUT2D eigenvalue weighted by atomic mass is 10.2. The summed E-state index contributed by atoms with van der Waals surface area (Å²) in [5, 5.41) is 9.14. The molecule has 0 aliphatic carbocycles. The van der Waals surface area contributed by atoms with E-state index in [1.54, 1.807) is 25.4 Å². The van der Waals surface area contributed by atoms with Crippen molar-refractivity contribution in [3.63, 3.8) is 0 Å². The van der Waals surface area contributed by atoms with Gasteiger partial charge in [0.1, 0.15) is 12.0 Å². The predicted octanol–water partition coefficient (Wildman–Crippen LogP) is 1.80. The minimum Gasteiger partial charge on any atom is -0.477 e. The van der Waals surface area contributed by atoms with E-state index in [0.717, 1.165) is 11.3 Å². The molecule has 6 nitrogen and oxygen atoms in total. The molecule has 0 fully saturated rings. The van der Waals surface area contributed by atoms with Crippen molar-refractivity contribution in [1.82, 2.24) is 19.4 Å². The van der Waals surface area contributed by atoms with Gasteiger partial charge in [-0.05, 0) is 19.1 Å². The minimum absolute atomic E-state index is 0.142. The van der Waals surface area contributed by atoms with Gasteiger partial charge in [0.15, 0.2) is 5.69 Å². The number of fused-ring (bicyclic) bond motifs is 1. The Morgan fingerprint density at radius 2 is 2.05 bits per heavy atom. The fourth-order valence-corrected chi connectivity index (χ4v) is 2.00. The van der Waals surface area contributed by atoms with Crippen LogP contribution in [0, 0.1) is 6.92 Å². The summed E-state index contributed by atoms with van der Waals surface area (Å²) in [6.07, 6.45) is 4.84. The Hall–Kier alpha value is -2.76. The first kappa shape index (κ1) is 11.3. The SMILES string of the molecule is Cc1nc2cc(-c3ccncc3)ncn2c1C(=O)O. The number of hydrogen-bond acceptors (Lipinski definition) is 4. The third-order valence-corrected chi connectivity index (χ3v) is 2.87. The van der Waals surface area contributed by atoms with Gasteiger partial charge in [0, 0.05) is 24.0 Å². The molecule has 3 rings (SSSR count). The number of rotatable bonds is 2. The Morgan fingerprint density at radius 3 is 2.74 bits per heavy atom. The number of aromatic nitrogens is 4. The average molecular weight is 254 g/mol. The number of carboxylic acid groups (broad SMARTS) is 1. The molecule has 3 aromatic rings. The summed E-state index contributed by atoms with van der Waals surface area (Å²) in [5.41, 5.74) is 2.83. The highest BCUT2D eigenvalue weighted by molar-refractivity contribution is 5.88. The second-order valence-electron chi connectivity index (χ2n) is 4.09. The number of imidazole rings is 1. The van der Waals surface area contributed by atoms with Gasteiger partial charge in [-0.3, -0.25) is 9.38 Å². The van der Waals surface area contributed by atoms with Crippen LogP contribution in [0.3, 0.4) is 0 Å². The Balaban J connectivity index is 2.21. The van der Waals surface area contributed by atoms with Crippen LogP contribution in [0.5, 0.6) is 0 Å². The van der Waals surface area contributed by atoms with E-state index in [9.17, 15) is 4.79 Å². The van der Waals surface area contributed by atoms with E-state index < -0.39 is 5.97 Å². The molecule has 1 N–H and O–H groups in total. The number of carboxylic acids is 1. The molecule has 0 bridgehead atoms. The van der Waals surface area contributed by atoms with Crippen molar-refractivity contribution in [1.29, 1.82) is 0 Å². The monoisotopic (exact) mass is 254 g/mol. The van der Waals surface area contributed by atoms with E-state index in [0.29, 0.717) is 11.3 Å². The average Bonchev–Trinajstić information content (AvgIpc) is 2.74. The highest BCUT2D eigenvalue weighted by atomic mass is 16.4. The van der Waals surface area contributed by atoms with E-state index in [1.807, 2.05) is 12.1 Å². The Bertz CT molecular complexity index is 765. The number of aromatic carboxylic acids is 1. The number of nitrogens with zero attached hydrogens (tertiary/aromatic N) is 4. The maximum absolute atomic E-state index is 11.2. The first-order chi connectivity index (χ1) is 9.16. The van der Waals surface area contributed by atoms with Crippen LogP contribution in [0.4, 0.5) is 0 Å². The van der Waals surface area contributed by atoms with Gasteiger partial charge in [-0.2, -0.15) is 0 Å². The summed E-state index contributed by atoms with van der Waals surface area (Å²) in [7, 11) is 0. The van der Waals surface area contributed by atoms with Gasteiger partial charge in [-0.1, -0.05) is 0 Å². The zero-order chi connectivity index (χ0) is 13.4. The molecule has 0 aliphatic rings. The maximum Gasteiger partial charge on any atom is 0.354 e. The summed E-state index contributed by atoms with van der Waals surface area (Å²) in [4.78, 5) is 23.6. The van der Waals surface area contributed by atoms with Crippen LogP contribution in [0.15, 0.2) is 36.9 Å². The van der Waals surface area contributed by atoms with Gasteiger partial charge in [0.2, 0.25) is 0 Å². The first-order valence-electron chi connectivity index (χ1n) is 5.65. The first-order valence-corrected chi connectivity index (χ1v) is 5.65. The summed E-state index contributed by atoms with van der Waals surface area (Å²) < 4.78 is 1.47. The number of hydrogen-bond donors (Lipinski definition) is 1. The van der Waals surface area contributed by atoms with Crippen molar-refractivity contribution in [2.24, 2.45) is 0 Å². The smallest absolute Gasteiger partial charge is 0.354 e. The molecule has 94 valence electrons. The molecular weight excluding hydrogens is 244 g/mol. The zero-order valence-corrected chi connectivity index (χ0v) is 10.1. The Labute approximate surface area is 108 Å². The standard InChI is InChI=1S/C13H10N4O2/c1-8-12(13(18)19)17-7-15-10(6-11(17)16-8)9-2-4-14-5-3-9/h2-7H,1H3,(H,18,19). The summed E-state index contributed by atoms with van der Waals surface area (Å²) in [5.74, 6) is -1.01. The van der Waals surface area contributed by atoms with Crippen molar-refractivity contribution in [3.05, 3.63) is 48.3 Å². The number of pyridine rings is 1. The lowest BCUT2D eigenvalue weighted by Gasteiger charge is -2.01. The molecule has 0 unspecified atom stereocenters. The van der Waals surface area contributed by atoms with Crippen LogP contribution in [0.25, 0.3) is 16.9 Å². The molecule has 0 atom stereocenters. The van der Waals surface area contributed by atoms with Crippen LogP contribution >= 0.6 is 0 Å². The van der Waals surface area contributed by atoms with Gasteiger partial charge in [-0.15, -0.1) is 0 Å². The third kappa shape index (κ3) is 1.83. The van der Waals surface area contributed by atoms with Gasteiger partial charge in [0.25, 0.3) is 0 Å². The van der Waals surface area contributed by atoms with Gasteiger partial charge < -0.3 is 5.11 Å². The lowest BCUT2D eigenvalue weighted by molar-refractivity contribution is 0.0688. The quantitative estimate of drug-likeness (QED) is 0.754. The Kier molecular flexibility index (Phi) is 2.49. The highest BCUT2D eigenvalue weighted by Crippen LogP contribution is 2.19. The Morgan fingerprint density at radius 1 is 1.32 bits per heavy atom. The zero-order valence-electron chi connectivity index (χ0n) is 10.1. The molecule has 6 heteroatoms. The van der Waals surface area contributed by atoms with Crippen molar-refractivity contribution in [2.45, 2.75) is 6.92 Å². The molecule has 0 aliphatic heterocycles. The number of carbonyl (C=O) groups is 1. The van der Waals surface area contributed by atoms with Crippen LogP contribution in [0.2, 0.25) is 0 Å². The summed E-state index contributed by atoms with van der Waals surface area (Å²) in [6.45, 7) is 1.67. The molecule has 0 amide bonds. The molecule has 3 aromatic heterocycles. The van der Waals surface area contributed by atoms with Crippen molar-refractivity contribution in [2.75, 3.05) is 0 Å². The second-order valence-corrected chi connectivity index (χ2v) is 4.09. The fraction of sp³-hybridized carbons (Fsp3) is 0.0769. The van der Waals surface area contributed by atoms with E-state index in [1.165, 1.54) is 10.7 Å². The maximum atomic E-state index is 11.2. The second kappa shape index (κ2) is 4.16. The van der Waals surface area contributed by atoms with Gasteiger partial charge >= 0.3 is 5.97 Å². The van der Waals surface area contributed by atoms with Crippen LogP contribution in [0.1, 0.15) is 16.2 Å². The van der Waals surface area contributed by atoms with Gasteiger partial charge in [0.05, 0.1) is 11.4 Å². The highest BCUT2D eigenvalue weighted by Gasteiger charge is 2.16. The predicted molar refractivity (Wildman–Crippen MR) is 67.9 cm³/mol. The molecule has 0 spiro atoms. The number of aryl methyl sites for hydroxylation is 1. The molecule has 0 aromatic carbocycles. The normalized spacial score (nSPS) is 10.8. The van der Waals surface area contributed by atoms with Crippen LogP contribution in [-0.2, 0) is 0 Å². The third-order valence-electron chi connectivity index (χ3n) is 2.87. The molecule has 0 radical (unpaired) electrons. The van der Waals surface area contributed by atoms with E-state index in [4.69, 9.17) is 5.11 Å². The van der Waals surface area contributed by atoms with Crippen LogP contribution in [-0.4, -0.2) is 30.4 Å². The molecular formula is C13H10N4O2. The lowest BCUT2D eigenvalue weighted by Crippen LogP contribution is -2.04. The topological polar surface area (TPSA) is 80.4 Å². The van der Waals surface area contributed by atoms with E-state index in [2.05, 4.69) is 15.0 Å². The molecule has 3 heterocycles. The molecule has 0 saturated carbocycles.